The molecule has 0 unspecified atom stereocenters. The van der Waals surface area contributed by atoms with E-state index in [2.05, 4.69) is 191 Å². The van der Waals surface area contributed by atoms with Gasteiger partial charge in [-0.15, -0.1) is 0 Å². The predicted octanol–water partition coefficient (Wildman–Crippen LogP) is 5.13. The summed E-state index contributed by atoms with van der Waals surface area (Å²) in [5, 5.41) is 6.38. The molecule has 0 aromatic heterocycles. The van der Waals surface area contributed by atoms with Crippen molar-refractivity contribution in [3.63, 3.8) is 0 Å². The standard InChI is InChI=1S/C42H42O2PSi.BrH/c1-42(2,3)46(38-26-16-8-17-27-38,39-28-18-9-19-29-39)44-41-32-34(30-31-40(41)43-4)33-45(35-20-10-5-11-21-35,36-22-12-6-13-23-36)37-24-14-7-15-25-37;/h5-32H,33H2,1-4H3;1H/q+1;/p-1. The molecule has 6 aromatic carbocycles. The molecule has 0 atom stereocenters. The fourth-order valence-corrected chi connectivity index (χ4v) is 15.4. The van der Waals surface area contributed by atoms with Crippen molar-refractivity contribution in [2.24, 2.45) is 0 Å². The highest BCUT2D eigenvalue weighted by Gasteiger charge is 2.52. The maximum absolute atomic E-state index is 7.56. The van der Waals surface area contributed by atoms with E-state index in [1.165, 1.54) is 31.9 Å². The van der Waals surface area contributed by atoms with Gasteiger partial charge in [-0.25, -0.2) is 0 Å². The lowest BCUT2D eigenvalue weighted by atomic mass is 10.2. The summed E-state index contributed by atoms with van der Waals surface area (Å²) >= 11 is 0. The summed E-state index contributed by atoms with van der Waals surface area (Å²) in [5.41, 5.74) is 1.22. The number of ether oxygens (including phenoxy) is 1. The fourth-order valence-electron chi connectivity index (χ4n) is 6.76. The first-order valence-corrected chi connectivity index (χ1v) is 19.8. The maximum Gasteiger partial charge on any atom is 0.320 e. The average molecular weight is 718 g/mol. The summed E-state index contributed by atoms with van der Waals surface area (Å²) in [7, 11) is -3.25. The van der Waals surface area contributed by atoms with Crippen LogP contribution < -0.4 is 52.4 Å². The Morgan fingerprint density at radius 2 is 0.894 bits per heavy atom. The maximum atomic E-state index is 7.56. The Kier molecular flexibility index (Phi) is 10.9. The molecule has 0 saturated carbocycles. The molecule has 0 fully saturated rings. The Labute approximate surface area is 292 Å². The Morgan fingerprint density at radius 3 is 1.26 bits per heavy atom. The van der Waals surface area contributed by atoms with Crippen LogP contribution in [0.1, 0.15) is 26.3 Å². The third-order valence-corrected chi connectivity index (χ3v) is 18.2. The summed E-state index contributed by atoms with van der Waals surface area (Å²) < 4.78 is 13.6. The van der Waals surface area contributed by atoms with Crippen molar-refractivity contribution in [3.05, 3.63) is 175 Å². The number of benzene rings is 6. The van der Waals surface area contributed by atoms with Gasteiger partial charge in [-0.1, -0.05) is 142 Å². The minimum atomic E-state index is -2.88. The smallest absolute Gasteiger partial charge is 0.320 e. The quantitative estimate of drug-likeness (QED) is 0.145. The van der Waals surface area contributed by atoms with Crippen molar-refractivity contribution >= 4 is 41.9 Å². The number of methoxy groups -OCH3 is 1. The topological polar surface area (TPSA) is 18.5 Å². The number of halogens is 1. The minimum Gasteiger partial charge on any atom is -1.00 e. The van der Waals surface area contributed by atoms with Crippen molar-refractivity contribution in [3.8, 4) is 11.5 Å². The van der Waals surface area contributed by atoms with Gasteiger partial charge >= 0.3 is 8.32 Å². The van der Waals surface area contributed by atoms with E-state index in [1.54, 1.807) is 7.11 Å². The molecular weight excluding hydrogens is 675 g/mol. The van der Waals surface area contributed by atoms with Crippen molar-refractivity contribution in [2.75, 3.05) is 7.11 Å². The van der Waals surface area contributed by atoms with E-state index in [0.29, 0.717) is 0 Å². The molecule has 0 radical (unpaired) electrons. The van der Waals surface area contributed by atoms with Crippen molar-refractivity contribution in [1.29, 1.82) is 0 Å². The second-order valence-electron chi connectivity index (χ2n) is 12.7. The molecule has 0 spiro atoms. The van der Waals surface area contributed by atoms with Gasteiger partial charge in [0.15, 0.2) is 5.75 Å². The van der Waals surface area contributed by atoms with E-state index in [-0.39, 0.29) is 22.0 Å². The molecule has 0 N–H and O–H groups in total. The van der Waals surface area contributed by atoms with Gasteiger partial charge in [0.1, 0.15) is 28.9 Å². The lowest BCUT2D eigenvalue weighted by Crippen LogP contribution is -3.00. The van der Waals surface area contributed by atoms with Gasteiger partial charge in [-0.3, -0.25) is 0 Å². The second-order valence-corrected chi connectivity index (χ2v) is 20.4. The monoisotopic (exact) mass is 716 g/mol. The molecule has 5 heteroatoms. The molecule has 0 saturated heterocycles. The van der Waals surface area contributed by atoms with Crippen LogP contribution in [0.4, 0.5) is 0 Å². The normalized spacial score (nSPS) is 11.7. The van der Waals surface area contributed by atoms with Gasteiger partial charge in [0.2, 0.25) is 0 Å². The van der Waals surface area contributed by atoms with E-state index in [1.807, 2.05) is 0 Å². The highest BCUT2D eigenvalue weighted by atomic mass is 79.9. The van der Waals surface area contributed by atoms with Gasteiger partial charge in [0.25, 0.3) is 0 Å². The first-order chi connectivity index (χ1) is 22.4. The highest BCUT2D eigenvalue weighted by Crippen LogP contribution is 2.58. The first kappa shape index (κ1) is 34.4. The highest BCUT2D eigenvalue weighted by molar-refractivity contribution is 7.95. The summed E-state index contributed by atoms with van der Waals surface area (Å²) in [6.07, 6.45) is 0.853. The zero-order valence-corrected chi connectivity index (χ0v) is 31.0. The van der Waals surface area contributed by atoms with Gasteiger partial charge in [0, 0.05) is 0 Å². The van der Waals surface area contributed by atoms with Crippen LogP contribution in [-0.2, 0) is 6.16 Å². The second kappa shape index (κ2) is 14.9. The van der Waals surface area contributed by atoms with E-state index >= 15 is 0 Å². The van der Waals surface area contributed by atoms with Gasteiger partial charge in [0.05, 0.1) is 13.3 Å². The Morgan fingerprint density at radius 1 is 0.511 bits per heavy atom. The molecule has 2 nitrogen and oxygen atoms in total. The van der Waals surface area contributed by atoms with E-state index < -0.39 is 15.6 Å². The summed E-state index contributed by atoms with van der Waals surface area (Å²) in [6, 6.07) is 61.3. The van der Waals surface area contributed by atoms with Gasteiger partial charge < -0.3 is 26.1 Å². The lowest BCUT2D eigenvalue weighted by Gasteiger charge is -2.43. The van der Waals surface area contributed by atoms with Crippen LogP contribution in [0.3, 0.4) is 0 Å². The van der Waals surface area contributed by atoms with Crippen molar-refractivity contribution in [1.82, 2.24) is 0 Å². The van der Waals surface area contributed by atoms with Crippen molar-refractivity contribution in [2.45, 2.75) is 32.0 Å². The van der Waals surface area contributed by atoms with Crippen LogP contribution in [0.25, 0.3) is 0 Å². The summed E-state index contributed by atoms with van der Waals surface area (Å²) in [4.78, 5) is 0. The van der Waals surface area contributed by atoms with E-state index in [0.717, 1.165) is 17.7 Å². The molecule has 238 valence electrons. The average Bonchev–Trinajstić information content (AvgIpc) is 3.11. The van der Waals surface area contributed by atoms with Crippen molar-refractivity contribution < 1.29 is 26.1 Å². The number of hydrogen-bond donors (Lipinski definition) is 0. The zero-order valence-electron chi connectivity index (χ0n) is 27.5. The lowest BCUT2D eigenvalue weighted by molar-refractivity contribution is -0.00000994. The zero-order chi connectivity index (χ0) is 32.0. The predicted molar refractivity (Wildman–Crippen MR) is 200 cm³/mol. The Hall–Kier alpha value is -3.95. The molecule has 0 heterocycles. The fraction of sp³-hybridized carbons (Fsp3) is 0.143. The summed E-state index contributed by atoms with van der Waals surface area (Å²) in [5.74, 6) is 1.54. The van der Waals surface area contributed by atoms with Gasteiger partial charge in [-0.05, 0) is 69.5 Å². The SMILES string of the molecule is COc1ccc(C[P+](c2ccccc2)(c2ccccc2)c2ccccc2)cc1O[Si](c1ccccc1)(c1ccccc1)C(C)(C)C.[Br-]. The van der Waals surface area contributed by atoms with Crippen LogP contribution >= 0.6 is 7.26 Å². The third kappa shape index (κ3) is 6.74. The molecule has 6 aromatic rings. The van der Waals surface area contributed by atoms with Crippen LogP contribution in [0.5, 0.6) is 11.5 Å². The number of hydrogen-bond acceptors (Lipinski definition) is 2. The molecule has 6 rings (SSSR count). The molecule has 0 aliphatic rings. The largest absolute Gasteiger partial charge is 1.00 e. The van der Waals surface area contributed by atoms with E-state index in [9.17, 15) is 0 Å². The Balaban J connectivity index is 0.00000433. The van der Waals surface area contributed by atoms with Crippen LogP contribution in [0.15, 0.2) is 170 Å². The molecule has 0 bridgehead atoms. The molecular formula is C42H42BrO2PSi. The van der Waals surface area contributed by atoms with Crippen LogP contribution in [0, 0.1) is 0 Å². The molecule has 0 amide bonds. The third-order valence-electron chi connectivity index (χ3n) is 8.92. The first-order valence-electron chi connectivity index (χ1n) is 15.9. The number of rotatable bonds is 10. The Bertz CT molecular complexity index is 1710. The minimum absolute atomic E-state index is 0. The van der Waals surface area contributed by atoms with Crippen LogP contribution in [-0.4, -0.2) is 15.4 Å². The molecule has 0 aliphatic carbocycles. The van der Waals surface area contributed by atoms with Crippen LogP contribution in [0.2, 0.25) is 5.04 Å². The molecule has 0 aliphatic heterocycles. The summed E-state index contributed by atoms with van der Waals surface area (Å²) in [6.45, 7) is 6.94. The van der Waals surface area contributed by atoms with E-state index in [4.69, 9.17) is 9.16 Å². The molecule has 47 heavy (non-hydrogen) atoms. The van der Waals surface area contributed by atoms with Gasteiger partial charge in [-0.2, -0.15) is 0 Å².